The van der Waals surface area contributed by atoms with Crippen LogP contribution >= 0.6 is 0 Å². The first-order valence-electron chi connectivity index (χ1n) is 7.02. The third kappa shape index (κ3) is 2.92. The number of aromatic nitrogens is 6. The van der Waals surface area contributed by atoms with Crippen LogP contribution in [0.2, 0.25) is 0 Å². The number of nitrogens with two attached hydrogens (primary N) is 1. The quantitative estimate of drug-likeness (QED) is 0.775. The van der Waals surface area contributed by atoms with Gasteiger partial charge in [-0.3, -0.25) is 0 Å². The number of aliphatic hydroxyl groups excluding tert-OH is 1. The number of nitrogen functional groups attached to an aromatic ring is 1. The fraction of sp³-hybridized carbons (Fsp3) is 0.583. The van der Waals surface area contributed by atoms with Crippen molar-refractivity contribution in [1.82, 2.24) is 29.7 Å². The Hall–Kier alpha value is -2.29. The molecule has 2 aromatic heterocycles. The molecular weight excluding hydrogens is 272 g/mol. The number of nitrogens with zero attached hydrogens (tertiary/aromatic N) is 7. The van der Waals surface area contributed by atoms with Crippen LogP contribution < -0.4 is 10.6 Å². The summed E-state index contributed by atoms with van der Waals surface area (Å²) in [7, 11) is 0. The van der Waals surface area contributed by atoms with Gasteiger partial charge in [0, 0.05) is 19.2 Å². The molecule has 3 heterocycles. The van der Waals surface area contributed by atoms with Gasteiger partial charge in [-0.15, -0.1) is 0 Å². The van der Waals surface area contributed by atoms with Crippen molar-refractivity contribution < 1.29 is 5.11 Å². The number of hydrogen-bond donors (Lipinski definition) is 2. The second-order valence-corrected chi connectivity index (χ2v) is 4.99. The van der Waals surface area contributed by atoms with Gasteiger partial charge in [-0.1, -0.05) is 0 Å². The first kappa shape index (κ1) is 13.7. The van der Waals surface area contributed by atoms with Crippen molar-refractivity contribution in [2.75, 3.05) is 23.8 Å². The van der Waals surface area contributed by atoms with E-state index in [4.69, 9.17) is 10.8 Å². The molecular formula is C12H18N8O. The molecule has 1 atom stereocenters. The smallest absolute Gasteiger partial charge is 0.258 e. The Morgan fingerprint density at radius 2 is 2.14 bits per heavy atom. The molecule has 0 bridgehead atoms. The van der Waals surface area contributed by atoms with E-state index in [-0.39, 0.29) is 12.6 Å². The lowest BCUT2D eigenvalue weighted by atomic mass is 10.1. The molecule has 9 nitrogen and oxygen atoms in total. The minimum absolute atomic E-state index is 0.165. The lowest BCUT2D eigenvalue weighted by Crippen LogP contribution is -2.31. The molecule has 1 unspecified atom stereocenters. The standard InChI is InChI=1S/C12H18N8O/c13-10-16-11(18-12(17-10)20-8-14-7-15-20)19-5-1-3-9(19)4-2-6-21/h7-9,21H,1-6H2,(H2,13,16,17,18). The number of rotatable bonds is 5. The van der Waals surface area contributed by atoms with Gasteiger partial charge in [0.1, 0.15) is 12.7 Å². The Morgan fingerprint density at radius 1 is 1.29 bits per heavy atom. The highest BCUT2D eigenvalue weighted by atomic mass is 16.2. The molecule has 1 aliphatic rings. The third-order valence-corrected chi connectivity index (χ3v) is 3.58. The SMILES string of the molecule is Nc1nc(N2CCCC2CCCO)nc(-n2cncn2)n1. The first-order valence-corrected chi connectivity index (χ1v) is 7.02. The molecule has 1 aliphatic heterocycles. The fourth-order valence-electron chi connectivity index (χ4n) is 2.64. The molecule has 0 aliphatic carbocycles. The summed E-state index contributed by atoms with van der Waals surface area (Å²) in [5.41, 5.74) is 5.79. The molecule has 1 saturated heterocycles. The summed E-state index contributed by atoms with van der Waals surface area (Å²) in [5.74, 6) is 1.09. The molecule has 0 amide bonds. The summed E-state index contributed by atoms with van der Waals surface area (Å²) >= 11 is 0. The van der Waals surface area contributed by atoms with Crippen LogP contribution in [0.15, 0.2) is 12.7 Å². The molecule has 2 aromatic rings. The minimum atomic E-state index is 0.165. The lowest BCUT2D eigenvalue weighted by molar-refractivity contribution is 0.279. The predicted molar refractivity (Wildman–Crippen MR) is 75.8 cm³/mol. The molecule has 0 spiro atoms. The van der Waals surface area contributed by atoms with Crippen LogP contribution in [-0.2, 0) is 0 Å². The van der Waals surface area contributed by atoms with Crippen LogP contribution in [0.1, 0.15) is 25.7 Å². The predicted octanol–water partition coefficient (Wildman–Crippen LogP) is -0.224. The summed E-state index contributed by atoms with van der Waals surface area (Å²) in [6.07, 6.45) is 6.79. The van der Waals surface area contributed by atoms with Crippen molar-refractivity contribution >= 4 is 11.9 Å². The van der Waals surface area contributed by atoms with Gasteiger partial charge in [-0.05, 0) is 25.7 Å². The maximum Gasteiger partial charge on any atom is 0.258 e. The van der Waals surface area contributed by atoms with E-state index >= 15 is 0 Å². The molecule has 3 rings (SSSR count). The summed E-state index contributed by atoms with van der Waals surface area (Å²) in [4.78, 5) is 18.8. The van der Waals surface area contributed by atoms with E-state index < -0.39 is 0 Å². The average molecular weight is 290 g/mol. The average Bonchev–Trinajstić information content (AvgIpc) is 3.15. The van der Waals surface area contributed by atoms with Crippen LogP contribution in [0.3, 0.4) is 0 Å². The van der Waals surface area contributed by atoms with Crippen LogP contribution in [0, 0.1) is 0 Å². The number of anilines is 2. The molecule has 21 heavy (non-hydrogen) atoms. The Kier molecular flexibility index (Phi) is 3.91. The second kappa shape index (κ2) is 6.00. The highest BCUT2D eigenvalue weighted by Crippen LogP contribution is 2.26. The molecule has 0 saturated carbocycles. The Bertz CT molecular complexity index is 587. The van der Waals surface area contributed by atoms with Crippen molar-refractivity contribution in [1.29, 1.82) is 0 Å². The van der Waals surface area contributed by atoms with Crippen LogP contribution in [0.4, 0.5) is 11.9 Å². The van der Waals surface area contributed by atoms with Gasteiger partial charge >= 0.3 is 0 Å². The normalized spacial score (nSPS) is 18.3. The first-order chi connectivity index (χ1) is 10.3. The topological polar surface area (TPSA) is 119 Å². The summed E-state index contributed by atoms with van der Waals surface area (Å²) in [5, 5.41) is 13.0. The van der Waals surface area contributed by atoms with Crippen molar-refractivity contribution in [2.24, 2.45) is 0 Å². The van der Waals surface area contributed by atoms with Crippen molar-refractivity contribution in [3.63, 3.8) is 0 Å². The monoisotopic (exact) mass is 290 g/mol. The van der Waals surface area contributed by atoms with Crippen molar-refractivity contribution in [3.05, 3.63) is 12.7 Å². The minimum Gasteiger partial charge on any atom is -0.396 e. The summed E-state index contributed by atoms with van der Waals surface area (Å²) in [6.45, 7) is 1.09. The maximum absolute atomic E-state index is 9.00. The van der Waals surface area contributed by atoms with E-state index in [1.165, 1.54) is 17.3 Å². The van der Waals surface area contributed by atoms with E-state index in [1.54, 1.807) is 0 Å². The summed E-state index contributed by atoms with van der Waals surface area (Å²) in [6, 6.07) is 0.336. The highest BCUT2D eigenvalue weighted by Gasteiger charge is 2.27. The maximum atomic E-state index is 9.00. The third-order valence-electron chi connectivity index (χ3n) is 3.58. The lowest BCUT2D eigenvalue weighted by Gasteiger charge is -2.24. The van der Waals surface area contributed by atoms with Crippen molar-refractivity contribution in [2.45, 2.75) is 31.7 Å². The zero-order valence-corrected chi connectivity index (χ0v) is 11.6. The Balaban J connectivity index is 1.87. The van der Waals surface area contributed by atoms with E-state index in [1.807, 2.05) is 0 Å². The Morgan fingerprint density at radius 3 is 2.90 bits per heavy atom. The summed E-state index contributed by atoms with van der Waals surface area (Å²) < 4.78 is 1.46. The molecule has 9 heteroatoms. The van der Waals surface area contributed by atoms with Gasteiger partial charge in [0.25, 0.3) is 5.95 Å². The van der Waals surface area contributed by atoms with Crippen LogP contribution in [-0.4, -0.2) is 54.0 Å². The Labute approximate surface area is 121 Å². The van der Waals surface area contributed by atoms with Crippen molar-refractivity contribution in [3.8, 4) is 5.95 Å². The molecule has 3 N–H and O–H groups in total. The van der Waals surface area contributed by atoms with Gasteiger partial charge in [0.2, 0.25) is 11.9 Å². The van der Waals surface area contributed by atoms with Gasteiger partial charge in [-0.25, -0.2) is 4.98 Å². The zero-order valence-electron chi connectivity index (χ0n) is 11.6. The number of hydrogen-bond acceptors (Lipinski definition) is 8. The van der Waals surface area contributed by atoms with E-state index in [0.29, 0.717) is 17.9 Å². The van der Waals surface area contributed by atoms with Crippen LogP contribution in [0.5, 0.6) is 0 Å². The molecule has 112 valence electrons. The van der Waals surface area contributed by atoms with E-state index in [0.717, 1.165) is 32.2 Å². The van der Waals surface area contributed by atoms with Gasteiger partial charge in [0.15, 0.2) is 0 Å². The van der Waals surface area contributed by atoms with Gasteiger partial charge in [-0.2, -0.15) is 24.7 Å². The van der Waals surface area contributed by atoms with E-state index in [2.05, 4.69) is 29.9 Å². The van der Waals surface area contributed by atoms with Gasteiger partial charge < -0.3 is 15.7 Å². The highest BCUT2D eigenvalue weighted by molar-refractivity contribution is 5.39. The molecule has 1 fully saturated rings. The fourth-order valence-corrected chi connectivity index (χ4v) is 2.64. The van der Waals surface area contributed by atoms with Crippen LogP contribution in [0.25, 0.3) is 5.95 Å². The zero-order chi connectivity index (χ0) is 14.7. The van der Waals surface area contributed by atoms with Gasteiger partial charge in [0.05, 0.1) is 0 Å². The molecule has 0 radical (unpaired) electrons. The largest absolute Gasteiger partial charge is 0.396 e. The van der Waals surface area contributed by atoms with E-state index in [9.17, 15) is 0 Å². The molecule has 0 aromatic carbocycles. The number of aliphatic hydroxyl groups is 1. The second-order valence-electron chi connectivity index (χ2n) is 4.99.